The van der Waals surface area contributed by atoms with Crippen LogP contribution >= 0.6 is 0 Å². The highest BCUT2D eigenvalue weighted by atomic mass is 32.2. The number of rotatable bonds is 7. The van der Waals surface area contributed by atoms with Gasteiger partial charge in [-0.15, -0.1) is 0 Å². The monoisotopic (exact) mass is 270 g/mol. The number of nitrogens with zero attached hydrogens (tertiary/aromatic N) is 1. The van der Waals surface area contributed by atoms with Gasteiger partial charge in [0.2, 0.25) is 10.0 Å². The fraction of sp³-hybridized carbons (Fsp3) is 0.538. The Morgan fingerprint density at radius 3 is 2.44 bits per heavy atom. The van der Waals surface area contributed by atoms with Gasteiger partial charge in [-0.05, 0) is 52.0 Å². The minimum Gasteiger partial charge on any atom is -0.309 e. The Hall–Kier alpha value is -0.910. The summed E-state index contributed by atoms with van der Waals surface area (Å²) in [4.78, 5) is 2.47. The first-order valence-electron chi connectivity index (χ1n) is 6.13. The zero-order chi connectivity index (χ0) is 13.6. The summed E-state index contributed by atoms with van der Waals surface area (Å²) in [5.74, 6) is 0. The van der Waals surface area contributed by atoms with Crippen molar-refractivity contribution in [1.82, 2.24) is 9.62 Å². The number of hydrogen-bond acceptors (Lipinski definition) is 3. The number of nitrogens with one attached hydrogen (secondary N) is 1. The van der Waals surface area contributed by atoms with E-state index in [-0.39, 0.29) is 0 Å². The third-order valence-electron chi connectivity index (χ3n) is 2.71. The van der Waals surface area contributed by atoms with Crippen LogP contribution in [0.4, 0.5) is 0 Å². The second-order valence-corrected chi connectivity index (χ2v) is 6.41. The quantitative estimate of drug-likeness (QED) is 0.766. The lowest BCUT2D eigenvalue weighted by molar-refractivity contribution is 0.394. The number of unbranched alkanes of at least 4 members (excludes halogenated alkanes) is 1. The normalized spacial score (nSPS) is 12.0. The summed E-state index contributed by atoms with van der Waals surface area (Å²) >= 11 is 0. The lowest BCUT2D eigenvalue weighted by atomic mass is 10.2. The Labute approximate surface area is 110 Å². The van der Waals surface area contributed by atoms with E-state index in [1.54, 1.807) is 25.1 Å². The molecule has 0 aliphatic carbocycles. The predicted molar refractivity (Wildman–Crippen MR) is 74.2 cm³/mol. The Bertz CT molecular complexity index is 470. The molecule has 0 bridgehead atoms. The van der Waals surface area contributed by atoms with Gasteiger partial charge < -0.3 is 4.90 Å². The molecule has 0 saturated heterocycles. The van der Waals surface area contributed by atoms with Crippen molar-refractivity contribution in [1.29, 1.82) is 0 Å². The van der Waals surface area contributed by atoms with Crippen molar-refractivity contribution in [2.45, 2.75) is 24.7 Å². The van der Waals surface area contributed by atoms with Crippen LogP contribution in [0, 0.1) is 6.92 Å². The summed E-state index contributed by atoms with van der Waals surface area (Å²) in [6, 6.07) is 7.02. The molecular weight excluding hydrogens is 248 g/mol. The molecule has 0 aromatic heterocycles. The molecule has 1 aromatic rings. The maximum Gasteiger partial charge on any atom is 0.240 e. The molecule has 0 spiro atoms. The van der Waals surface area contributed by atoms with E-state index >= 15 is 0 Å². The van der Waals surface area contributed by atoms with E-state index in [0.717, 1.165) is 24.9 Å². The summed E-state index contributed by atoms with van der Waals surface area (Å²) in [6.45, 7) is 3.28. The van der Waals surface area contributed by atoms with Crippen molar-refractivity contribution in [2.75, 3.05) is 27.2 Å². The third-order valence-corrected chi connectivity index (χ3v) is 4.33. The zero-order valence-electron chi connectivity index (χ0n) is 11.3. The Morgan fingerprint density at radius 2 is 1.83 bits per heavy atom. The molecule has 1 rings (SSSR count). The van der Waals surface area contributed by atoms with Gasteiger partial charge in [0.15, 0.2) is 0 Å². The molecule has 0 heterocycles. The van der Waals surface area contributed by atoms with Gasteiger partial charge in [0, 0.05) is 6.54 Å². The Balaban J connectivity index is 2.49. The molecule has 0 unspecified atom stereocenters. The fourth-order valence-electron chi connectivity index (χ4n) is 1.70. The van der Waals surface area contributed by atoms with Crippen LogP contribution in [0.5, 0.6) is 0 Å². The van der Waals surface area contributed by atoms with Gasteiger partial charge in [0.05, 0.1) is 4.90 Å². The first-order valence-corrected chi connectivity index (χ1v) is 7.62. The Kier molecular flexibility index (Phi) is 5.78. The second-order valence-electron chi connectivity index (χ2n) is 4.67. The van der Waals surface area contributed by atoms with E-state index in [1.165, 1.54) is 0 Å². The minimum absolute atomic E-state index is 0.373. The van der Waals surface area contributed by atoms with Crippen LogP contribution in [0.2, 0.25) is 0 Å². The fourth-order valence-corrected chi connectivity index (χ4v) is 3.01. The highest BCUT2D eigenvalue weighted by Gasteiger charge is 2.14. The van der Waals surface area contributed by atoms with Crippen LogP contribution in [0.25, 0.3) is 0 Å². The maximum atomic E-state index is 12.0. The molecule has 0 fully saturated rings. The highest BCUT2D eigenvalue weighted by Crippen LogP contribution is 2.13. The first kappa shape index (κ1) is 15.1. The summed E-state index contributed by atoms with van der Waals surface area (Å²) in [5.41, 5.74) is 0.776. The van der Waals surface area contributed by atoms with E-state index in [9.17, 15) is 8.42 Å². The van der Waals surface area contributed by atoms with Gasteiger partial charge in [-0.25, -0.2) is 13.1 Å². The van der Waals surface area contributed by atoms with Crippen LogP contribution in [-0.4, -0.2) is 40.5 Å². The van der Waals surface area contributed by atoms with Crippen LogP contribution in [-0.2, 0) is 10.0 Å². The summed E-state index contributed by atoms with van der Waals surface area (Å²) in [6.07, 6.45) is 1.84. The minimum atomic E-state index is -3.36. The smallest absolute Gasteiger partial charge is 0.240 e. The lowest BCUT2D eigenvalue weighted by Gasteiger charge is -2.11. The topological polar surface area (TPSA) is 49.4 Å². The molecule has 1 aromatic carbocycles. The summed E-state index contributed by atoms with van der Waals surface area (Å²) in [5, 5.41) is 0. The molecule has 4 nitrogen and oxygen atoms in total. The second kappa shape index (κ2) is 6.87. The van der Waals surface area contributed by atoms with E-state index in [0.29, 0.717) is 11.4 Å². The number of hydrogen-bond donors (Lipinski definition) is 1. The standard InChI is InChI=1S/C13H22N2O2S/c1-12-8-4-5-9-13(12)18(16,17)14-10-6-7-11-15(2)3/h4-5,8-9,14H,6-7,10-11H2,1-3H3. The van der Waals surface area contributed by atoms with E-state index in [4.69, 9.17) is 0 Å². The van der Waals surface area contributed by atoms with Crippen molar-refractivity contribution < 1.29 is 8.42 Å². The molecule has 18 heavy (non-hydrogen) atoms. The van der Waals surface area contributed by atoms with E-state index < -0.39 is 10.0 Å². The van der Waals surface area contributed by atoms with E-state index in [1.807, 2.05) is 20.2 Å². The molecule has 0 aliphatic heterocycles. The van der Waals surface area contributed by atoms with Crippen molar-refractivity contribution in [3.8, 4) is 0 Å². The molecule has 0 radical (unpaired) electrons. The van der Waals surface area contributed by atoms with Gasteiger partial charge in [-0.2, -0.15) is 0 Å². The molecule has 0 amide bonds. The van der Waals surface area contributed by atoms with Gasteiger partial charge in [-0.3, -0.25) is 0 Å². The summed E-state index contributed by atoms with van der Waals surface area (Å²) in [7, 11) is 0.668. The van der Waals surface area contributed by atoms with Gasteiger partial charge in [0.25, 0.3) is 0 Å². The van der Waals surface area contributed by atoms with Crippen molar-refractivity contribution >= 4 is 10.0 Å². The maximum absolute atomic E-state index is 12.0. The molecule has 1 N–H and O–H groups in total. The first-order chi connectivity index (χ1) is 8.43. The number of benzene rings is 1. The molecule has 102 valence electrons. The molecular formula is C13H22N2O2S. The van der Waals surface area contributed by atoms with Crippen LogP contribution in [0.1, 0.15) is 18.4 Å². The van der Waals surface area contributed by atoms with E-state index in [2.05, 4.69) is 9.62 Å². The molecule has 0 aliphatic rings. The largest absolute Gasteiger partial charge is 0.309 e. The Morgan fingerprint density at radius 1 is 1.17 bits per heavy atom. The van der Waals surface area contributed by atoms with Crippen LogP contribution in [0.3, 0.4) is 0 Å². The van der Waals surface area contributed by atoms with Crippen molar-refractivity contribution in [2.24, 2.45) is 0 Å². The average Bonchev–Trinajstić information content (AvgIpc) is 2.28. The average molecular weight is 270 g/mol. The van der Waals surface area contributed by atoms with Crippen molar-refractivity contribution in [3.63, 3.8) is 0 Å². The highest BCUT2D eigenvalue weighted by molar-refractivity contribution is 7.89. The molecule has 0 atom stereocenters. The van der Waals surface area contributed by atoms with Crippen LogP contribution in [0.15, 0.2) is 29.2 Å². The predicted octanol–water partition coefficient (Wildman–Crippen LogP) is 1.62. The van der Waals surface area contributed by atoms with Gasteiger partial charge >= 0.3 is 0 Å². The van der Waals surface area contributed by atoms with Crippen LogP contribution < -0.4 is 4.72 Å². The molecule has 5 heteroatoms. The molecule has 0 saturated carbocycles. The number of sulfonamides is 1. The summed E-state index contributed by atoms with van der Waals surface area (Å²) < 4.78 is 26.7. The van der Waals surface area contributed by atoms with Crippen molar-refractivity contribution in [3.05, 3.63) is 29.8 Å². The lowest BCUT2D eigenvalue weighted by Crippen LogP contribution is -2.26. The zero-order valence-corrected chi connectivity index (χ0v) is 12.1. The third kappa shape index (κ3) is 4.76. The SMILES string of the molecule is Cc1ccccc1S(=O)(=O)NCCCCN(C)C. The van der Waals surface area contributed by atoms with Gasteiger partial charge in [0.1, 0.15) is 0 Å². The van der Waals surface area contributed by atoms with Gasteiger partial charge in [-0.1, -0.05) is 18.2 Å². The number of aryl methyl sites for hydroxylation is 1.